The number of methoxy groups -OCH3 is 1. The van der Waals surface area contributed by atoms with Crippen molar-refractivity contribution in [3.8, 4) is 0 Å². The first-order valence-electron chi connectivity index (χ1n) is 6.23. The first kappa shape index (κ1) is 13.1. The number of ether oxygens (including phenoxy) is 2. The van der Waals surface area contributed by atoms with Crippen molar-refractivity contribution in [3.63, 3.8) is 0 Å². The molecule has 1 amide bonds. The monoisotopic (exact) mass is 253 g/mol. The zero-order valence-corrected chi connectivity index (χ0v) is 10.6. The van der Waals surface area contributed by atoms with E-state index in [0.717, 1.165) is 26.1 Å². The third-order valence-corrected chi connectivity index (χ3v) is 2.98. The first-order chi connectivity index (χ1) is 8.79. The van der Waals surface area contributed by atoms with E-state index in [0.29, 0.717) is 30.6 Å². The minimum atomic E-state index is -0.178. The molecule has 5 nitrogen and oxygen atoms in total. The summed E-state index contributed by atoms with van der Waals surface area (Å²) >= 11 is 0. The SMILES string of the molecule is COCc1ccc(C(=O)NC[C@H]2CCCOC2)o1. The van der Waals surface area contributed by atoms with Crippen molar-refractivity contribution in [2.45, 2.75) is 19.4 Å². The number of carbonyl (C=O) groups excluding carboxylic acids is 1. The van der Waals surface area contributed by atoms with E-state index in [1.54, 1.807) is 19.2 Å². The lowest BCUT2D eigenvalue weighted by molar-refractivity contribution is 0.0532. The number of nitrogens with one attached hydrogen (secondary N) is 1. The maximum Gasteiger partial charge on any atom is 0.287 e. The van der Waals surface area contributed by atoms with Gasteiger partial charge < -0.3 is 19.2 Å². The molecule has 1 aromatic heterocycles. The molecule has 18 heavy (non-hydrogen) atoms. The van der Waals surface area contributed by atoms with Crippen molar-refractivity contribution < 1.29 is 18.7 Å². The van der Waals surface area contributed by atoms with Crippen LogP contribution in [0.15, 0.2) is 16.5 Å². The van der Waals surface area contributed by atoms with E-state index in [-0.39, 0.29) is 5.91 Å². The highest BCUT2D eigenvalue weighted by atomic mass is 16.5. The molecule has 0 aromatic carbocycles. The second-order valence-corrected chi connectivity index (χ2v) is 4.49. The summed E-state index contributed by atoms with van der Waals surface area (Å²) in [6, 6.07) is 3.42. The van der Waals surface area contributed by atoms with E-state index in [4.69, 9.17) is 13.9 Å². The van der Waals surface area contributed by atoms with Gasteiger partial charge >= 0.3 is 0 Å². The van der Waals surface area contributed by atoms with Crippen LogP contribution in [0.1, 0.15) is 29.2 Å². The van der Waals surface area contributed by atoms with Crippen molar-refractivity contribution in [2.75, 3.05) is 26.9 Å². The van der Waals surface area contributed by atoms with E-state index < -0.39 is 0 Å². The van der Waals surface area contributed by atoms with Crippen molar-refractivity contribution >= 4 is 5.91 Å². The molecule has 1 aromatic rings. The number of carbonyl (C=O) groups is 1. The van der Waals surface area contributed by atoms with Crippen LogP contribution < -0.4 is 5.32 Å². The van der Waals surface area contributed by atoms with Gasteiger partial charge in [-0.3, -0.25) is 4.79 Å². The molecule has 2 heterocycles. The molecule has 0 aliphatic carbocycles. The van der Waals surface area contributed by atoms with Crippen LogP contribution in [-0.4, -0.2) is 32.8 Å². The van der Waals surface area contributed by atoms with Gasteiger partial charge in [-0.1, -0.05) is 0 Å². The van der Waals surface area contributed by atoms with Crippen LogP contribution in [0, 0.1) is 5.92 Å². The number of hydrogen-bond acceptors (Lipinski definition) is 4. The average Bonchev–Trinajstić information content (AvgIpc) is 2.86. The molecule has 100 valence electrons. The molecule has 0 spiro atoms. The van der Waals surface area contributed by atoms with E-state index in [9.17, 15) is 4.79 Å². The topological polar surface area (TPSA) is 60.7 Å². The van der Waals surface area contributed by atoms with Crippen LogP contribution in [0.4, 0.5) is 0 Å². The van der Waals surface area contributed by atoms with Crippen LogP contribution >= 0.6 is 0 Å². The fourth-order valence-electron chi connectivity index (χ4n) is 2.01. The second kappa shape index (κ2) is 6.56. The van der Waals surface area contributed by atoms with Crippen LogP contribution in [0.5, 0.6) is 0 Å². The van der Waals surface area contributed by atoms with Crippen molar-refractivity contribution in [1.29, 1.82) is 0 Å². The largest absolute Gasteiger partial charge is 0.453 e. The molecule has 1 N–H and O–H groups in total. The van der Waals surface area contributed by atoms with Gasteiger partial charge in [-0.15, -0.1) is 0 Å². The predicted molar refractivity (Wildman–Crippen MR) is 65.3 cm³/mol. The quantitative estimate of drug-likeness (QED) is 0.865. The van der Waals surface area contributed by atoms with E-state index in [1.165, 1.54) is 0 Å². The molecule has 5 heteroatoms. The Bertz CT molecular complexity index is 382. The Morgan fingerprint density at radius 2 is 2.44 bits per heavy atom. The Kier molecular flexibility index (Phi) is 4.78. The predicted octanol–water partition coefficient (Wildman–Crippen LogP) is 1.58. The Balaban J connectivity index is 1.79. The minimum Gasteiger partial charge on any atom is -0.453 e. The van der Waals surface area contributed by atoms with Crippen molar-refractivity contribution in [2.24, 2.45) is 5.92 Å². The lowest BCUT2D eigenvalue weighted by atomic mass is 10.0. The van der Waals surface area contributed by atoms with Crippen LogP contribution in [0.25, 0.3) is 0 Å². The van der Waals surface area contributed by atoms with Crippen molar-refractivity contribution in [3.05, 3.63) is 23.7 Å². The van der Waals surface area contributed by atoms with Gasteiger partial charge in [0.1, 0.15) is 12.4 Å². The maximum atomic E-state index is 11.8. The fraction of sp³-hybridized carbons (Fsp3) is 0.615. The normalized spacial score (nSPS) is 19.7. The molecule has 1 saturated heterocycles. The third kappa shape index (κ3) is 3.58. The Morgan fingerprint density at radius 1 is 1.56 bits per heavy atom. The summed E-state index contributed by atoms with van der Waals surface area (Å²) in [4.78, 5) is 11.8. The van der Waals surface area contributed by atoms with Crippen LogP contribution in [0.2, 0.25) is 0 Å². The first-order valence-corrected chi connectivity index (χ1v) is 6.23. The van der Waals surface area contributed by atoms with Gasteiger partial charge in [-0.25, -0.2) is 0 Å². The fourth-order valence-corrected chi connectivity index (χ4v) is 2.01. The van der Waals surface area contributed by atoms with Gasteiger partial charge in [-0.2, -0.15) is 0 Å². The van der Waals surface area contributed by atoms with Gasteiger partial charge in [-0.05, 0) is 30.9 Å². The van der Waals surface area contributed by atoms with Crippen molar-refractivity contribution in [1.82, 2.24) is 5.32 Å². The summed E-state index contributed by atoms with van der Waals surface area (Å²) in [6.45, 7) is 2.58. The molecule has 0 bridgehead atoms. The molecule has 0 saturated carbocycles. The average molecular weight is 253 g/mol. The van der Waals surface area contributed by atoms with Gasteiger partial charge in [0.15, 0.2) is 5.76 Å². The maximum absolute atomic E-state index is 11.8. The number of furan rings is 1. The van der Waals surface area contributed by atoms with Gasteiger partial charge in [0.25, 0.3) is 5.91 Å². The second-order valence-electron chi connectivity index (χ2n) is 4.49. The third-order valence-electron chi connectivity index (χ3n) is 2.98. The molecule has 1 atom stereocenters. The molecule has 1 fully saturated rings. The molecule has 2 rings (SSSR count). The molecule has 1 aliphatic rings. The summed E-state index contributed by atoms with van der Waals surface area (Å²) in [7, 11) is 1.59. The van der Waals surface area contributed by atoms with Crippen LogP contribution in [-0.2, 0) is 16.1 Å². The Hall–Kier alpha value is -1.33. The lowest BCUT2D eigenvalue weighted by Crippen LogP contribution is -2.33. The summed E-state index contributed by atoms with van der Waals surface area (Å²) in [5.74, 6) is 1.22. The molecule has 1 aliphatic heterocycles. The molecule has 0 radical (unpaired) electrons. The minimum absolute atomic E-state index is 0.178. The van der Waals surface area contributed by atoms with Gasteiger partial charge in [0.05, 0.1) is 6.61 Å². The summed E-state index contributed by atoms with van der Waals surface area (Å²) in [6.07, 6.45) is 2.17. The van der Waals surface area contributed by atoms with Gasteiger partial charge in [0.2, 0.25) is 0 Å². The molecule has 0 unspecified atom stereocenters. The Labute approximate surface area is 106 Å². The number of amides is 1. The molecular formula is C13H19NO4. The highest BCUT2D eigenvalue weighted by Crippen LogP contribution is 2.13. The smallest absolute Gasteiger partial charge is 0.287 e. The summed E-state index contributed by atoms with van der Waals surface area (Å²) < 4.78 is 15.7. The van der Waals surface area contributed by atoms with Crippen LogP contribution in [0.3, 0.4) is 0 Å². The standard InChI is InChI=1S/C13H19NO4/c1-16-9-11-4-5-12(18-11)13(15)14-7-10-3-2-6-17-8-10/h4-5,10H,2-3,6-9H2,1H3,(H,14,15)/t10-/m1/s1. The zero-order chi connectivity index (χ0) is 12.8. The highest BCUT2D eigenvalue weighted by Gasteiger charge is 2.16. The summed E-state index contributed by atoms with van der Waals surface area (Å²) in [5.41, 5.74) is 0. The highest BCUT2D eigenvalue weighted by molar-refractivity contribution is 5.91. The van der Waals surface area contributed by atoms with E-state index in [2.05, 4.69) is 5.32 Å². The summed E-state index contributed by atoms with van der Waals surface area (Å²) in [5, 5.41) is 2.87. The lowest BCUT2D eigenvalue weighted by Gasteiger charge is -2.21. The number of rotatable bonds is 5. The molecular weight excluding hydrogens is 234 g/mol. The number of hydrogen-bond donors (Lipinski definition) is 1. The van der Waals surface area contributed by atoms with Gasteiger partial charge in [0, 0.05) is 20.3 Å². The zero-order valence-electron chi connectivity index (χ0n) is 10.6. The van der Waals surface area contributed by atoms with E-state index in [1.807, 2.05) is 0 Å². The Morgan fingerprint density at radius 3 is 3.17 bits per heavy atom. The van der Waals surface area contributed by atoms with E-state index >= 15 is 0 Å².